The van der Waals surface area contributed by atoms with Gasteiger partial charge in [-0.05, 0) is 43.0 Å². The second-order valence-electron chi connectivity index (χ2n) is 5.54. The summed E-state index contributed by atoms with van der Waals surface area (Å²) in [6.45, 7) is 6.57. The quantitative estimate of drug-likeness (QED) is 0.526. The number of esters is 1. The number of unbranched alkanes of at least 4 members (excludes halogenated alkanes) is 4. The summed E-state index contributed by atoms with van der Waals surface area (Å²) < 4.78 is 5.37. The summed E-state index contributed by atoms with van der Waals surface area (Å²) >= 11 is 0. The molecule has 0 fully saturated rings. The highest BCUT2D eigenvalue weighted by molar-refractivity contribution is 5.91. The third-order valence-electron chi connectivity index (χ3n) is 3.77. The first-order chi connectivity index (χ1) is 10.1. The minimum absolute atomic E-state index is 0.245. The zero-order chi connectivity index (χ0) is 15.7. The van der Waals surface area contributed by atoms with E-state index in [0.717, 1.165) is 36.8 Å². The third kappa shape index (κ3) is 5.41. The molecule has 0 spiro atoms. The van der Waals surface area contributed by atoms with E-state index in [1.807, 2.05) is 6.92 Å². The molecular weight excluding hydrogens is 264 g/mol. The fourth-order valence-corrected chi connectivity index (χ4v) is 2.46. The smallest absolute Gasteiger partial charge is 0.338 e. The summed E-state index contributed by atoms with van der Waals surface area (Å²) in [6.07, 6.45) is 7.40. The Bertz CT molecular complexity index is 452. The highest BCUT2D eigenvalue weighted by Gasteiger charge is 2.16. The first-order valence-corrected chi connectivity index (χ1v) is 8.10. The molecule has 118 valence electrons. The minimum Gasteiger partial charge on any atom is -0.508 e. The summed E-state index contributed by atoms with van der Waals surface area (Å²) in [7, 11) is 0. The van der Waals surface area contributed by atoms with E-state index in [2.05, 4.69) is 13.8 Å². The van der Waals surface area contributed by atoms with Crippen LogP contribution >= 0.6 is 0 Å². The standard InChI is InChI=1S/C18H28O3/c1-4-6-7-8-9-13-21-18(20)16-11-12-17(19)14(3)15(16)10-5-2/h11-12,19H,4-10,13H2,1-3H3. The van der Waals surface area contributed by atoms with Crippen LogP contribution in [0.25, 0.3) is 0 Å². The van der Waals surface area contributed by atoms with Crippen molar-refractivity contribution < 1.29 is 14.6 Å². The second kappa shape index (κ2) is 9.43. The van der Waals surface area contributed by atoms with Crippen molar-refractivity contribution in [3.8, 4) is 5.75 Å². The van der Waals surface area contributed by atoms with Gasteiger partial charge in [-0.3, -0.25) is 0 Å². The Labute approximate surface area is 128 Å². The van der Waals surface area contributed by atoms with Crippen molar-refractivity contribution in [3.05, 3.63) is 28.8 Å². The van der Waals surface area contributed by atoms with Gasteiger partial charge >= 0.3 is 5.97 Å². The van der Waals surface area contributed by atoms with Crippen LogP contribution < -0.4 is 0 Å². The van der Waals surface area contributed by atoms with Crippen molar-refractivity contribution in [2.24, 2.45) is 0 Å². The largest absolute Gasteiger partial charge is 0.508 e. The zero-order valence-electron chi connectivity index (χ0n) is 13.6. The Balaban J connectivity index is 2.59. The van der Waals surface area contributed by atoms with Gasteiger partial charge < -0.3 is 9.84 Å². The average molecular weight is 292 g/mol. The van der Waals surface area contributed by atoms with E-state index < -0.39 is 0 Å². The van der Waals surface area contributed by atoms with E-state index in [-0.39, 0.29) is 11.7 Å². The van der Waals surface area contributed by atoms with Crippen molar-refractivity contribution in [1.29, 1.82) is 0 Å². The molecule has 1 aromatic carbocycles. The van der Waals surface area contributed by atoms with Crippen LogP contribution in [0.15, 0.2) is 12.1 Å². The molecule has 3 heteroatoms. The number of carbonyl (C=O) groups is 1. The summed E-state index contributed by atoms with van der Waals surface area (Å²) in [4.78, 5) is 12.2. The molecule has 0 unspecified atom stereocenters. The average Bonchev–Trinajstić information content (AvgIpc) is 2.47. The molecule has 0 saturated heterocycles. The summed E-state index contributed by atoms with van der Waals surface area (Å²) in [5, 5.41) is 9.78. The molecule has 0 aliphatic heterocycles. The van der Waals surface area contributed by atoms with Crippen molar-refractivity contribution in [3.63, 3.8) is 0 Å². The minimum atomic E-state index is -0.267. The fraction of sp³-hybridized carbons (Fsp3) is 0.611. The summed E-state index contributed by atoms with van der Waals surface area (Å²) in [6, 6.07) is 3.25. The SMILES string of the molecule is CCCCCCCOC(=O)c1ccc(O)c(C)c1CCC. The number of phenolic OH excluding ortho intramolecular Hbond substituents is 1. The van der Waals surface area contributed by atoms with Crippen LogP contribution in [0.2, 0.25) is 0 Å². The van der Waals surface area contributed by atoms with E-state index >= 15 is 0 Å². The van der Waals surface area contributed by atoms with Gasteiger partial charge in [0.05, 0.1) is 12.2 Å². The predicted molar refractivity (Wildman–Crippen MR) is 85.9 cm³/mol. The monoisotopic (exact) mass is 292 g/mol. The maximum absolute atomic E-state index is 12.2. The van der Waals surface area contributed by atoms with Gasteiger partial charge in [-0.15, -0.1) is 0 Å². The lowest BCUT2D eigenvalue weighted by Gasteiger charge is -2.13. The Hall–Kier alpha value is -1.51. The first kappa shape index (κ1) is 17.5. The summed E-state index contributed by atoms with van der Waals surface area (Å²) in [5.74, 6) is -0.0217. The van der Waals surface area contributed by atoms with Crippen LogP contribution in [0.1, 0.15) is 73.9 Å². The Morgan fingerprint density at radius 3 is 2.48 bits per heavy atom. The number of aromatic hydroxyl groups is 1. The van der Waals surface area contributed by atoms with Crippen molar-refractivity contribution >= 4 is 5.97 Å². The molecule has 0 saturated carbocycles. The maximum Gasteiger partial charge on any atom is 0.338 e. The van der Waals surface area contributed by atoms with Crippen LogP contribution in [0.5, 0.6) is 5.75 Å². The number of hydrogen-bond donors (Lipinski definition) is 1. The molecular formula is C18H28O3. The van der Waals surface area contributed by atoms with Gasteiger partial charge in [-0.25, -0.2) is 4.79 Å². The van der Waals surface area contributed by atoms with Crippen LogP contribution in [-0.2, 0) is 11.2 Å². The molecule has 0 bridgehead atoms. The molecule has 1 rings (SSSR count). The third-order valence-corrected chi connectivity index (χ3v) is 3.77. The predicted octanol–water partition coefficient (Wildman–Crippen LogP) is 4.78. The molecule has 0 heterocycles. The Kier molecular flexibility index (Phi) is 7.88. The number of rotatable bonds is 9. The molecule has 0 aromatic heterocycles. The second-order valence-corrected chi connectivity index (χ2v) is 5.54. The number of hydrogen-bond acceptors (Lipinski definition) is 3. The van der Waals surface area contributed by atoms with Gasteiger partial charge in [0.15, 0.2) is 0 Å². The Morgan fingerprint density at radius 2 is 1.81 bits per heavy atom. The highest BCUT2D eigenvalue weighted by Crippen LogP contribution is 2.25. The highest BCUT2D eigenvalue weighted by atomic mass is 16.5. The van der Waals surface area contributed by atoms with Crippen LogP contribution in [0.3, 0.4) is 0 Å². The van der Waals surface area contributed by atoms with Crippen LogP contribution in [-0.4, -0.2) is 17.7 Å². The van der Waals surface area contributed by atoms with Gasteiger partial charge in [-0.1, -0.05) is 46.0 Å². The van der Waals surface area contributed by atoms with Crippen LogP contribution in [0.4, 0.5) is 0 Å². The number of carbonyl (C=O) groups excluding carboxylic acids is 1. The van der Waals surface area contributed by atoms with Gasteiger partial charge in [-0.2, -0.15) is 0 Å². The number of benzene rings is 1. The van der Waals surface area contributed by atoms with E-state index in [9.17, 15) is 9.90 Å². The topological polar surface area (TPSA) is 46.5 Å². The van der Waals surface area contributed by atoms with E-state index in [1.54, 1.807) is 12.1 Å². The Morgan fingerprint density at radius 1 is 1.10 bits per heavy atom. The van der Waals surface area contributed by atoms with Crippen molar-refractivity contribution in [1.82, 2.24) is 0 Å². The molecule has 0 aliphatic carbocycles. The van der Waals surface area contributed by atoms with Crippen LogP contribution in [0, 0.1) is 6.92 Å². The molecule has 3 nitrogen and oxygen atoms in total. The fourth-order valence-electron chi connectivity index (χ4n) is 2.46. The number of ether oxygens (including phenoxy) is 1. The maximum atomic E-state index is 12.2. The van der Waals surface area contributed by atoms with Gasteiger partial charge in [0.1, 0.15) is 5.75 Å². The molecule has 0 radical (unpaired) electrons. The molecule has 1 aromatic rings. The van der Waals surface area contributed by atoms with Crippen molar-refractivity contribution in [2.75, 3.05) is 6.61 Å². The zero-order valence-corrected chi connectivity index (χ0v) is 13.6. The van der Waals surface area contributed by atoms with Crippen molar-refractivity contribution in [2.45, 2.75) is 65.7 Å². The normalized spacial score (nSPS) is 10.6. The van der Waals surface area contributed by atoms with Gasteiger partial charge in [0.2, 0.25) is 0 Å². The molecule has 0 atom stereocenters. The molecule has 0 amide bonds. The lowest BCUT2D eigenvalue weighted by molar-refractivity contribution is 0.0496. The molecule has 1 N–H and O–H groups in total. The lowest BCUT2D eigenvalue weighted by Crippen LogP contribution is -2.10. The van der Waals surface area contributed by atoms with E-state index in [1.165, 1.54) is 19.3 Å². The first-order valence-electron chi connectivity index (χ1n) is 8.10. The van der Waals surface area contributed by atoms with Gasteiger partial charge in [0, 0.05) is 0 Å². The summed E-state index contributed by atoms with van der Waals surface area (Å²) in [5.41, 5.74) is 2.29. The van der Waals surface area contributed by atoms with Gasteiger partial charge in [0.25, 0.3) is 0 Å². The van der Waals surface area contributed by atoms with E-state index in [4.69, 9.17) is 4.74 Å². The molecule has 0 aliphatic rings. The molecule has 21 heavy (non-hydrogen) atoms. The number of phenols is 1. The van der Waals surface area contributed by atoms with E-state index in [0.29, 0.717) is 12.2 Å². The lowest BCUT2D eigenvalue weighted by atomic mass is 9.97.